The summed E-state index contributed by atoms with van der Waals surface area (Å²) in [6.45, 7) is 8.71. The Kier molecular flexibility index (Phi) is 4.82. The normalized spacial score (nSPS) is 25.4. The summed E-state index contributed by atoms with van der Waals surface area (Å²) in [5, 5.41) is 23.6. The maximum absolute atomic E-state index is 10.6. The summed E-state index contributed by atoms with van der Waals surface area (Å²) in [5.41, 5.74) is 5.89. The quantitative estimate of drug-likeness (QED) is 0.621. The summed E-state index contributed by atoms with van der Waals surface area (Å²) in [6, 6.07) is 11.4. The summed E-state index contributed by atoms with van der Waals surface area (Å²) >= 11 is 0. The van der Waals surface area contributed by atoms with Crippen molar-refractivity contribution in [2.24, 2.45) is 0 Å². The highest BCUT2D eigenvalue weighted by Crippen LogP contribution is 2.47. The van der Waals surface area contributed by atoms with Crippen molar-refractivity contribution in [3.05, 3.63) is 59.4 Å². The van der Waals surface area contributed by atoms with Gasteiger partial charge in [-0.05, 0) is 59.0 Å². The minimum Gasteiger partial charge on any atom is -0.507 e. The zero-order valence-corrected chi connectivity index (χ0v) is 19.2. The third kappa shape index (κ3) is 3.28. The van der Waals surface area contributed by atoms with Crippen LogP contribution in [0.15, 0.2) is 53.7 Å². The van der Waals surface area contributed by atoms with E-state index in [2.05, 4.69) is 48.0 Å². The first-order valence-electron chi connectivity index (χ1n) is 11.0. The van der Waals surface area contributed by atoms with Gasteiger partial charge in [-0.3, -0.25) is 4.90 Å². The lowest BCUT2D eigenvalue weighted by atomic mass is 9.85. The number of rotatable bonds is 4. The number of aryl methyl sites for hydroxylation is 1. The third-order valence-corrected chi connectivity index (χ3v) is 7.43. The van der Waals surface area contributed by atoms with Crippen molar-refractivity contribution in [3.8, 4) is 28.6 Å². The maximum Gasteiger partial charge on any atom is 0.233 e. The molecule has 0 aliphatic carbocycles. The maximum atomic E-state index is 10.6. The van der Waals surface area contributed by atoms with E-state index in [1.54, 1.807) is 10.7 Å². The molecule has 2 aliphatic rings. The van der Waals surface area contributed by atoms with E-state index in [4.69, 9.17) is 4.74 Å². The monoisotopic (exact) mass is 431 g/mol. The molecule has 1 fully saturated rings. The van der Waals surface area contributed by atoms with Gasteiger partial charge in [-0.15, -0.1) is 10.2 Å². The number of phenolic OH excluding ortho intramolecular Hbond substituents is 1. The van der Waals surface area contributed by atoms with Crippen molar-refractivity contribution in [2.45, 2.75) is 58.2 Å². The molecule has 1 N–H and O–H groups in total. The molecule has 7 heteroatoms. The molecule has 5 rings (SSSR count). The molecule has 7 nitrogen and oxygen atoms in total. The molecule has 1 aromatic carbocycles. The van der Waals surface area contributed by atoms with Gasteiger partial charge in [0.25, 0.3) is 0 Å². The van der Waals surface area contributed by atoms with Gasteiger partial charge in [0.2, 0.25) is 5.88 Å². The summed E-state index contributed by atoms with van der Waals surface area (Å²) in [4.78, 5) is 2.48. The molecule has 3 aromatic rings. The fraction of sp³-hybridized carbons (Fsp3) is 0.400. The number of ether oxygens (including phenoxy) is 1. The first kappa shape index (κ1) is 20.7. The van der Waals surface area contributed by atoms with E-state index in [1.807, 2.05) is 43.5 Å². The number of nitrogens with zero attached hydrogens (tertiary/aromatic N) is 5. The second kappa shape index (κ2) is 7.45. The number of piperidine rings is 1. The first-order chi connectivity index (χ1) is 15.3. The highest BCUT2D eigenvalue weighted by Gasteiger charge is 2.50. The Hall–Kier alpha value is -3.19. The van der Waals surface area contributed by atoms with Gasteiger partial charge in [0.05, 0.1) is 17.1 Å². The third-order valence-electron chi connectivity index (χ3n) is 7.43. The molecule has 166 valence electrons. The molecule has 32 heavy (non-hydrogen) atoms. The molecule has 1 saturated heterocycles. The van der Waals surface area contributed by atoms with Crippen LogP contribution in [0.4, 0.5) is 0 Å². The Morgan fingerprint density at radius 2 is 1.91 bits per heavy atom. The predicted octanol–water partition coefficient (Wildman–Crippen LogP) is 4.29. The molecule has 0 radical (unpaired) electrons. The average Bonchev–Trinajstić information content (AvgIpc) is 3.24. The van der Waals surface area contributed by atoms with Gasteiger partial charge in [-0.1, -0.05) is 11.1 Å². The zero-order chi connectivity index (χ0) is 22.6. The Balaban J connectivity index is 1.31. The lowest BCUT2D eigenvalue weighted by molar-refractivity contribution is 0.0219. The van der Waals surface area contributed by atoms with Crippen LogP contribution in [0.5, 0.6) is 11.6 Å². The number of aromatic nitrogens is 4. The van der Waals surface area contributed by atoms with Gasteiger partial charge in [0.15, 0.2) is 0 Å². The van der Waals surface area contributed by atoms with Crippen LogP contribution in [0.3, 0.4) is 0 Å². The van der Waals surface area contributed by atoms with Gasteiger partial charge in [0, 0.05) is 48.3 Å². The lowest BCUT2D eigenvalue weighted by Gasteiger charge is -2.45. The van der Waals surface area contributed by atoms with Gasteiger partial charge < -0.3 is 9.84 Å². The van der Waals surface area contributed by atoms with Crippen molar-refractivity contribution in [1.29, 1.82) is 0 Å². The van der Waals surface area contributed by atoms with Crippen molar-refractivity contribution in [1.82, 2.24) is 24.9 Å². The number of hydrogen-bond donors (Lipinski definition) is 1. The van der Waals surface area contributed by atoms with Crippen molar-refractivity contribution < 1.29 is 9.84 Å². The Bertz CT molecular complexity index is 1200. The van der Waals surface area contributed by atoms with Crippen LogP contribution in [0.1, 0.15) is 39.3 Å². The summed E-state index contributed by atoms with van der Waals surface area (Å²) in [6.07, 6.45) is 3.85. The SMILES string of the molecule is CC1=C(C)C2(C)CC(Oc3ccc(-c4ccc(-n5ccc(C)n5)cc4O)nn3)CC1N2C. The van der Waals surface area contributed by atoms with Crippen LogP contribution < -0.4 is 4.74 Å². The van der Waals surface area contributed by atoms with Crippen LogP contribution in [0.2, 0.25) is 0 Å². The van der Waals surface area contributed by atoms with Crippen molar-refractivity contribution >= 4 is 0 Å². The van der Waals surface area contributed by atoms with E-state index < -0.39 is 0 Å². The molecule has 3 unspecified atom stereocenters. The molecule has 4 heterocycles. The highest BCUT2D eigenvalue weighted by atomic mass is 16.5. The summed E-state index contributed by atoms with van der Waals surface area (Å²) in [7, 11) is 2.21. The first-order valence-corrected chi connectivity index (χ1v) is 11.0. The van der Waals surface area contributed by atoms with Crippen LogP contribution in [0.25, 0.3) is 16.9 Å². The van der Waals surface area contributed by atoms with Crippen molar-refractivity contribution in [3.63, 3.8) is 0 Å². The Morgan fingerprint density at radius 3 is 2.53 bits per heavy atom. The van der Waals surface area contributed by atoms with Gasteiger partial charge in [-0.2, -0.15) is 5.10 Å². The molecule has 0 saturated carbocycles. The van der Waals surface area contributed by atoms with E-state index in [-0.39, 0.29) is 17.4 Å². The summed E-state index contributed by atoms with van der Waals surface area (Å²) < 4.78 is 7.98. The minimum atomic E-state index is 0.0334. The molecule has 0 amide bonds. The smallest absolute Gasteiger partial charge is 0.233 e. The fourth-order valence-electron chi connectivity index (χ4n) is 5.21. The van der Waals surface area contributed by atoms with Crippen LogP contribution in [0, 0.1) is 6.92 Å². The number of aromatic hydroxyl groups is 1. The Labute approximate surface area is 188 Å². The predicted molar refractivity (Wildman–Crippen MR) is 123 cm³/mol. The van der Waals surface area contributed by atoms with Crippen LogP contribution in [-0.4, -0.2) is 54.7 Å². The minimum absolute atomic E-state index is 0.0334. The van der Waals surface area contributed by atoms with Gasteiger partial charge in [0.1, 0.15) is 11.9 Å². The second-order valence-electron chi connectivity index (χ2n) is 9.25. The van der Waals surface area contributed by atoms with E-state index in [0.717, 1.165) is 24.2 Å². The van der Waals surface area contributed by atoms with Crippen LogP contribution in [-0.2, 0) is 0 Å². The molecule has 3 atom stereocenters. The lowest BCUT2D eigenvalue weighted by Crippen LogP contribution is -2.53. The fourth-order valence-corrected chi connectivity index (χ4v) is 5.21. The van der Waals surface area contributed by atoms with Gasteiger partial charge in [-0.25, -0.2) is 4.68 Å². The Morgan fingerprint density at radius 1 is 1.09 bits per heavy atom. The molecule has 2 aliphatic heterocycles. The molecule has 2 bridgehead atoms. The molecular formula is C25H29N5O2. The highest BCUT2D eigenvalue weighted by molar-refractivity contribution is 5.68. The molecule has 2 aromatic heterocycles. The van der Waals surface area contributed by atoms with E-state index >= 15 is 0 Å². The van der Waals surface area contributed by atoms with E-state index in [0.29, 0.717) is 23.2 Å². The number of phenols is 1. The zero-order valence-electron chi connectivity index (χ0n) is 19.2. The topological polar surface area (TPSA) is 76.3 Å². The van der Waals surface area contributed by atoms with Crippen molar-refractivity contribution in [2.75, 3.05) is 7.05 Å². The standard InChI is InChI=1S/C25H29N5O2/c1-15-10-11-30(28-15)18-6-7-20(23(31)12-18)21-8-9-24(27-26-21)32-19-13-22-16(2)17(3)25(4,14-19)29(22)5/h6-12,19,22,31H,13-14H2,1-5H3. The summed E-state index contributed by atoms with van der Waals surface area (Å²) in [5.74, 6) is 0.653. The average molecular weight is 432 g/mol. The molecule has 0 spiro atoms. The largest absolute Gasteiger partial charge is 0.507 e. The second-order valence-corrected chi connectivity index (χ2v) is 9.25. The molecular weight excluding hydrogens is 402 g/mol. The number of hydrogen-bond acceptors (Lipinski definition) is 6. The number of benzene rings is 1. The number of fused-ring (bicyclic) bond motifs is 2. The van der Waals surface area contributed by atoms with Gasteiger partial charge >= 0.3 is 0 Å². The van der Waals surface area contributed by atoms with E-state index in [1.165, 1.54) is 11.1 Å². The van der Waals surface area contributed by atoms with E-state index in [9.17, 15) is 5.11 Å². The van der Waals surface area contributed by atoms with Crippen LogP contribution >= 0.6 is 0 Å². The number of likely N-dealkylation sites (N-methyl/N-ethyl adjacent to an activating group) is 1.